The van der Waals surface area contributed by atoms with Gasteiger partial charge in [0.15, 0.2) is 11.6 Å². The van der Waals surface area contributed by atoms with E-state index in [1.165, 1.54) is 12.8 Å². The third kappa shape index (κ3) is 8.92. The molecule has 0 saturated heterocycles. The topological polar surface area (TPSA) is 155 Å². The summed E-state index contributed by atoms with van der Waals surface area (Å²) in [6.45, 7) is 3.58. The smallest absolute Gasteiger partial charge is 0.306 e. The molecule has 2 saturated carbocycles. The van der Waals surface area contributed by atoms with Gasteiger partial charge in [0.2, 0.25) is 0 Å². The summed E-state index contributed by atoms with van der Waals surface area (Å²) in [5, 5.41) is 25.9. The van der Waals surface area contributed by atoms with Crippen molar-refractivity contribution in [3.05, 3.63) is 81.4 Å². The molecule has 2 aromatic heterocycles. The van der Waals surface area contributed by atoms with E-state index in [1.807, 2.05) is 60.5 Å². The van der Waals surface area contributed by atoms with E-state index in [4.69, 9.17) is 21.6 Å². The minimum atomic E-state index is -0.643. The molecule has 0 radical (unpaired) electrons. The van der Waals surface area contributed by atoms with Crippen LogP contribution in [0.15, 0.2) is 36.4 Å². The van der Waals surface area contributed by atoms with Crippen molar-refractivity contribution in [1.29, 1.82) is 0 Å². The predicted molar refractivity (Wildman–Crippen MR) is 233 cm³/mol. The summed E-state index contributed by atoms with van der Waals surface area (Å²) < 4.78 is 3.87. The summed E-state index contributed by atoms with van der Waals surface area (Å²) in [4.78, 5) is 51.2. The second-order valence-corrected chi connectivity index (χ2v) is 18.3. The van der Waals surface area contributed by atoms with Crippen molar-refractivity contribution < 1.29 is 24.6 Å². The number of imidazole rings is 2. The number of carbonyl (C=O) groups is 3. The van der Waals surface area contributed by atoms with Crippen LogP contribution in [0.4, 0.5) is 11.4 Å². The number of aliphatic hydroxyl groups is 1. The quantitative estimate of drug-likeness (QED) is 0.124. The number of halogens is 1. The number of aromatic nitrogens is 4. The third-order valence-electron chi connectivity index (χ3n) is 14.3. The Bertz CT molecular complexity index is 2230. The Morgan fingerprint density at radius 1 is 0.733 bits per heavy atom. The number of anilines is 2. The summed E-state index contributed by atoms with van der Waals surface area (Å²) >= 11 is 7.08. The normalized spacial score (nSPS) is 23.5. The van der Waals surface area contributed by atoms with Gasteiger partial charge < -0.3 is 30.0 Å². The molecule has 1 unspecified atom stereocenters. The lowest BCUT2D eigenvalue weighted by atomic mass is 9.78. The average Bonchev–Trinajstić information content (AvgIpc) is 3.73. The van der Waals surface area contributed by atoms with Crippen LogP contribution < -0.4 is 10.6 Å². The fourth-order valence-electron chi connectivity index (χ4n) is 10.5. The second kappa shape index (κ2) is 18.2. The number of benzene rings is 2. The van der Waals surface area contributed by atoms with Gasteiger partial charge in [-0.05, 0) is 119 Å². The molecule has 1 atom stereocenters. The number of aliphatic hydroxyl groups excluding tert-OH is 1. The van der Waals surface area contributed by atoms with Crippen molar-refractivity contribution >= 4 is 40.8 Å². The maximum atomic E-state index is 13.9. The number of hydrogen-bond acceptors (Lipinski definition) is 7. The first-order chi connectivity index (χ1) is 28.9. The zero-order chi connectivity index (χ0) is 42.1. The number of rotatable bonds is 10. The average molecular weight is 838 g/mol. The Kier molecular flexibility index (Phi) is 12.8. The highest BCUT2D eigenvalue weighted by Gasteiger charge is 2.32. The third-order valence-corrected chi connectivity index (χ3v) is 14.7. The minimum absolute atomic E-state index is 0.166. The van der Waals surface area contributed by atoms with E-state index < -0.39 is 5.97 Å². The van der Waals surface area contributed by atoms with Crippen molar-refractivity contribution in [2.75, 3.05) is 17.2 Å². The lowest BCUT2D eigenvalue weighted by Crippen LogP contribution is -2.42. The molecule has 2 amide bonds. The minimum Gasteiger partial charge on any atom is -0.481 e. The van der Waals surface area contributed by atoms with Gasteiger partial charge in [0.1, 0.15) is 0 Å². The second-order valence-electron chi connectivity index (χ2n) is 17.9. The van der Waals surface area contributed by atoms with E-state index >= 15 is 0 Å². The van der Waals surface area contributed by atoms with Crippen LogP contribution >= 0.6 is 11.6 Å². The van der Waals surface area contributed by atoms with E-state index in [2.05, 4.69) is 15.5 Å². The standard InChI is InChI=1S/C47H60ClN7O5/c1-28-34(8-5-10-36(28)51-45(57)44-50-39-27-55(26-25-41(39)54(44)3)32-20-22-33(56)23-21-32)35-9-6-12-38(42(35)48)52-46(58)43-49-37-11-4-7-29(17-24-40(37)53(43)2)13-14-30-15-18-31(19-16-30)47(59)60/h5-6,8-10,12,29-33,56H,4,7,11,13-27H2,1-3H3,(H,51,57)(H,52,58)(H,59,60). The summed E-state index contributed by atoms with van der Waals surface area (Å²) in [6.07, 6.45) is 15.2. The molecule has 3 aliphatic carbocycles. The molecule has 13 heteroatoms. The van der Waals surface area contributed by atoms with Gasteiger partial charge in [-0.2, -0.15) is 0 Å². The van der Waals surface area contributed by atoms with Gasteiger partial charge in [-0.15, -0.1) is 0 Å². The molecule has 2 aromatic carbocycles. The van der Waals surface area contributed by atoms with Crippen LogP contribution in [-0.4, -0.2) is 70.7 Å². The van der Waals surface area contributed by atoms with Gasteiger partial charge in [-0.1, -0.05) is 55.1 Å². The Morgan fingerprint density at radius 3 is 2.02 bits per heavy atom. The number of nitrogens with zero attached hydrogens (tertiary/aromatic N) is 5. The summed E-state index contributed by atoms with van der Waals surface area (Å²) in [5.41, 5.74) is 7.71. The molecule has 4 aromatic rings. The number of carboxylic acids is 1. The molecular formula is C47H60ClN7O5. The number of nitrogens with one attached hydrogen (secondary N) is 2. The molecule has 0 bridgehead atoms. The van der Waals surface area contributed by atoms with Crippen molar-refractivity contribution in [1.82, 2.24) is 24.0 Å². The Labute approximate surface area is 358 Å². The van der Waals surface area contributed by atoms with Crippen LogP contribution in [0.2, 0.25) is 5.02 Å². The van der Waals surface area contributed by atoms with Gasteiger partial charge in [-0.3, -0.25) is 19.3 Å². The van der Waals surface area contributed by atoms with Crippen molar-refractivity contribution in [3.63, 3.8) is 0 Å². The summed E-state index contributed by atoms with van der Waals surface area (Å²) in [6, 6.07) is 11.8. The first-order valence-electron chi connectivity index (χ1n) is 22.2. The van der Waals surface area contributed by atoms with E-state index in [0.29, 0.717) is 52.5 Å². The van der Waals surface area contributed by atoms with Crippen LogP contribution in [0, 0.1) is 24.7 Å². The number of hydrogen-bond donors (Lipinski definition) is 4. The summed E-state index contributed by atoms with van der Waals surface area (Å²) in [5.74, 6) is 0.603. The largest absolute Gasteiger partial charge is 0.481 e. The predicted octanol–water partition coefficient (Wildman–Crippen LogP) is 8.50. The van der Waals surface area contributed by atoms with Crippen LogP contribution in [0.5, 0.6) is 0 Å². The number of aliphatic carboxylic acids is 1. The molecule has 2 fully saturated rings. The molecule has 0 spiro atoms. The Morgan fingerprint density at radius 2 is 1.33 bits per heavy atom. The number of amides is 2. The van der Waals surface area contributed by atoms with Crippen LogP contribution in [0.1, 0.15) is 133 Å². The van der Waals surface area contributed by atoms with Gasteiger partial charge >= 0.3 is 5.97 Å². The number of fused-ring (bicyclic) bond motifs is 2. The Hall–Kier alpha value is -4.52. The Balaban J connectivity index is 0.911. The molecule has 3 heterocycles. The molecule has 320 valence electrons. The lowest BCUT2D eigenvalue weighted by molar-refractivity contribution is -0.143. The maximum absolute atomic E-state index is 13.9. The van der Waals surface area contributed by atoms with Crippen LogP contribution in [0.3, 0.4) is 0 Å². The highest BCUT2D eigenvalue weighted by atomic mass is 35.5. The first kappa shape index (κ1) is 42.2. The molecule has 60 heavy (non-hydrogen) atoms. The number of aryl methyl sites for hydroxylation is 1. The first-order valence-corrected chi connectivity index (χ1v) is 22.6. The zero-order valence-corrected chi connectivity index (χ0v) is 36.1. The van der Waals surface area contributed by atoms with Gasteiger partial charge in [-0.25, -0.2) is 9.97 Å². The van der Waals surface area contributed by atoms with Crippen molar-refractivity contribution in [2.24, 2.45) is 31.8 Å². The molecule has 1 aliphatic heterocycles. The molecule has 4 N–H and O–H groups in total. The fourth-order valence-corrected chi connectivity index (χ4v) is 10.8. The summed E-state index contributed by atoms with van der Waals surface area (Å²) in [7, 11) is 3.84. The maximum Gasteiger partial charge on any atom is 0.306 e. The van der Waals surface area contributed by atoms with Gasteiger partial charge in [0.05, 0.1) is 34.1 Å². The highest BCUT2D eigenvalue weighted by Crippen LogP contribution is 2.39. The monoisotopic (exact) mass is 837 g/mol. The molecule has 12 nitrogen and oxygen atoms in total. The SMILES string of the molecule is Cc1c(NC(=O)c2nc3c(n2C)CCN(C2CCC(O)CC2)C3)cccc1-c1cccc(NC(=O)c2nc3c(n2C)CCC(CCC2CCC(C(=O)O)CC2)CCC3)c1Cl. The van der Waals surface area contributed by atoms with Crippen LogP contribution in [0.25, 0.3) is 11.1 Å². The fraction of sp³-hybridized carbons (Fsp3) is 0.553. The van der Waals surface area contributed by atoms with Crippen molar-refractivity contribution in [2.45, 2.75) is 128 Å². The van der Waals surface area contributed by atoms with E-state index in [0.717, 1.165) is 136 Å². The van der Waals surface area contributed by atoms with Gasteiger partial charge in [0.25, 0.3) is 11.8 Å². The lowest BCUT2D eigenvalue weighted by Gasteiger charge is -2.37. The van der Waals surface area contributed by atoms with E-state index in [1.54, 1.807) is 6.07 Å². The molecular weight excluding hydrogens is 778 g/mol. The van der Waals surface area contributed by atoms with Gasteiger partial charge in [0, 0.05) is 62.3 Å². The number of carbonyl (C=O) groups excluding carboxylic acids is 2. The van der Waals surface area contributed by atoms with Crippen LogP contribution in [-0.2, 0) is 44.7 Å². The van der Waals surface area contributed by atoms with E-state index in [-0.39, 0.29) is 23.8 Å². The number of carboxylic acid groups (broad SMARTS) is 1. The zero-order valence-electron chi connectivity index (χ0n) is 35.3. The van der Waals surface area contributed by atoms with E-state index in [9.17, 15) is 24.6 Å². The van der Waals surface area contributed by atoms with Crippen molar-refractivity contribution in [3.8, 4) is 11.1 Å². The molecule has 4 aliphatic rings. The highest BCUT2D eigenvalue weighted by molar-refractivity contribution is 6.36. The molecule has 8 rings (SSSR count).